The fourth-order valence-electron chi connectivity index (χ4n) is 1.39. The minimum absolute atomic E-state index is 0.145. The number of halogens is 1. The van der Waals surface area contributed by atoms with Gasteiger partial charge in [-0.25, -0.2) is 4.39 Å². The van der Waals surface area contributed by atoms with Crippen molar-refractivity contribution < 1.29 is 4.39 Å². The summed E-state index contributed by atoms with van der Waals surface area (Å²) in [6.45, 7) is 2.18. The number of hydrogen-bond acceptors (Lipinski definition) is 2. The lowest BCUT2D eigenvalue weighted by atomic mass is 10.1. The maximum absolute atomic E-state index is 13.0. The second-order valence-corrected chi connectivity index (χ2v) is 4.79. The van der Waals surface area contributed by atoms with Crippen LogP contribution in [0.1, 0.15) is 37.3 Å². The largest absolute Gasteiger partial charge is 0.206 e. The van der Waals surface area contributed by atoms with Crippen molar-refractivity contribution >= 4 is 11.8 Å². The van der Waals surface area contributed by atoms with Gasteiger partial charge in [0.15, 0.2) is 0 Å². The van der Waals surface area contributed by atoms with Crippen molar-refractivity contribution in [2.24, 2.45) is 0 Å². The summed E-state index contributed by atoms with van der Waals surface area (Å²) in [5.74, 6) is 1.56. The van der Waals surface area contributed by atoms with Gasteiger partial charge in [-0.2, -0.15) is 17.0 Å². The molecule has 3 heteroatoms. The molecule has 1 aromatic carbocycles. The Labute approximate surface area is 101 Å². The zero-order chi connectivity index (χ0) is 11.8. The van der Waals surface area contributed by atoms with Gasteiger partial charge in [0.2, 0.25) is 0 Å². The van der Waals surface area contributed by atoms with Crippen molar-refractivity contribution in [2.75, 3.05) is 5.75 Å². The first-order valence-corrected chi connectivity index (χ1v) is 6.69. The Hall–Kier alpha value is -1.01. The third-order valence-corrected chi connectivity index (χ3v) is 3.43. The maximum Gasteiger partial charge on any atom is 0.140 e. The van der Waals surface area contributed by atoms with E-state index in [-0.39, 0.29) is 5.56 Å². The van der Waals surface area contributed by atoms with Crippen LogP contribution in [0.5, 0.6) is 0 Å². The van der Waals surface area contributed by atoms with E-state index in [4.69, 9.17) is 5.26 Å². The summed E-state index contributed by atoms with van der Waals surface area (Å²) in [5, 5.41) is 8.69. The van der Waals surface area contributed by atoms with Crippen LogP contribution in [0, 0.1) is 17.1 Å². The first-order valence-electron chi connectivity index (χ1n) is 5.54. The van der Waals surface area contributed by atoms with E-state index in [1.165, 1.54) is 25.3 Å². The summed E-state index contributed by atoms with van der Waals surface area (Å²) in [7, 11) is 0. The molecule has 0 fully saturated rings. The van der Waals surface area contributed by atoms with E-state index in [2.05, 4.69) is 6.92 Å². The molecule has 0 saturated carbocycles. The lowest BCUT2D eigenvalue weighted by molar-refractivity contribution is 0.623. The average molecular weight is 237 g/mol. The summed E-state index contributed by atoms with van der Waals surface area (Å²) >= 11 is 1.84. The van der Waals surface area contributed by atoms with Crippen LogP contribution < -0.4 is 0 Å². The first kappa shape index (κ1) is 13.1. The molecule has 0 N–H and O–H groups in total. The highest BCUT2D eigenvalue weighted by molar-refractivity contribution is 7.98. The Balaban J connectivity index is 2.40. The molecule has 0 radical (unpaired) electrons. The number of nitriles is 1. The Morgan fingerprint density at radius 1 is 1.38 bits per heavy atom. The highest BCUT2D eigenvalue weighted by atomic mass is 32.2. The molecule has 86 valence electrons. The predicted octanol–water partition coefficient (Wildman–Crippen LogP) is 4.12. The minimum atomic E-state index is -0.428. The van der Waals surface area contributed by atoms with E-state index in [9.17, 15) is 4.39 Å². The SMILES string of the molecule is CCCCCSCc1ccc(F)c(C#N)c1. The topological polar surface area (TPSA) is 23.8 Å². The quantitative estimate of drug-likeness (QED) is 0.695. The zero-order valence-corrected chi connectivity index (χ0v) is 10.3. The second-order valence-electron chi connectivity index (χ2n) is 3.69. The van der Waals surface area contributed by atoms with Crippen molar-refractivity contribution in [3.8, 4) is 6.07 Å². The zero-order valence-electron chi connectivity index (χ0n) is 9.50. The highest BCUT2D eigenvalue weighted by Crippen LogP contribution is 2.17. The van der Waals surface area contributed by atoms with Gasteiger partial charge in [-0.1, -0.05) is 25.8 Å². The molecule has 0 aromatic heterocycles. The molecular formula is C13H16FNS. The van der Waals surface area contributed by atoms with Crippen LogP contribution in [0.4, 0.5) is 4.39 Å². The van der Waals surface area contributed by atoms with Gasteiger partial charge in [0.1, 0.15) is 11.9 Å². The van der Waals surface area contributed by atoms with Crippen LogP contribution in [-0.4, -0.2) is 5.75 Å². The molecular weight excluding hydrogens is 221 g/mol. The second kappa shape index (κ2) is 7.29. The molecule has 1 rings (SSSR count). The Morgan fingerprint density at radius 2 is 2.19 bits per heavy atom. The molecule has 0 bridgehead atoms. The molecule has 16 heavy (non-hydrogen) atoms. The van der Waals surface area contributed by atoms with Crippen LogP contribution in [0.25, 0.3) is 0 Å². The molecule has 0 heterocycles. The van der Waals surface area contributed by atoms with Crippen molar-refractivity contribution in [2.45, 2.75) is 31.9 Å². The van der Waals surface area contributed by atoms with Gasteiger partial charge in [0.25, 0.3) is 0 Å². The lowest BCUT2D eigenvalue weighted by Crippen LogP contribution is -1.88. The summed E-state index contributed by atoms with van der Waals surface area (Å²) < 4.78 is 13.0. The van der Waals surface area contributed by atoms with Crippen molar-refractivity contribution in [3.63, 3.8) is 0 Å². The molecule has 0 atom stereocenters. The van der Waals surface area contributed by atoms with Crippen LogP contribution in [0.15, 0.2) is 18.2 Å². The van der Waals surface area contributed by atoms with E-state index >= 15 is 0 Å². The number of thioether (sulfide) groups is 1. The first-order chi connectivity index (χ1) is 7.77. The van der Waals surface area contributed by atoms with Crippen molar-refractivity contribution in [1.82, 2.24) is 0 Å². The smallest absolute Gasteiger partial charge is 0.140 e. The van der Waals surface area contributed by atoms with Gasteiger partial charge in [-0.3, -0.25) is 0 Å². The predicted molar refractivity (Wildman–Crippen MR) is 66.8 cm³/mol. The third kappa shape index (κ3) is 4.24. The van der Waals surface area contributed by atoms with Crippen LogP contribution >= 0.6 is 11.8 Å². The normalized spacial score (nSPS) is 10.1. The summed E-state index contributed by atoms with van der Waals surface area (Å²) in [6.07, 6.45) is 3.73. The van der Waals surface area contributed by atoms with Gasteiger partial charge in [-0.05, 0) is 29.9 Å². The fraction of sp³-hybridized carbons (Fsp3) is 0.462. The Bertz CT molecular complexity index is 371. The molecule has 0 aliphatic carbocycles. The van der Waals surface area contributed by atoms with Crippen LogP contribution in [-0.2, 0) is 5.75 Å². The number of rotatable bonds is 6. The monoisotopic (exact) mass is 237 g/mol. The van der Waals surface area contributed by atoms with Crippen LogP contribution in [0.2, 0.25) is 0 Å². The summed E-state index contributed by atoms with van der Waals surface area (Å²) in [4.78, 5) is 0. The number of hydrogen-bond donors (Lipinski definition) is 0. The minimum Gasteiger partial charge on any atom is -0.206 e. The average Bonchev–Trinajstić information content (AvgIpc) is 2.31. The maximum atomic E-state index is 13.0. The molecule has 1 nitrogen and oxygen atoms in total. The van der Waals surface area contributed by atoms with E-state index in [0.717, 1.165) is 17.1 Å². The molecule has 0 spiro atoms. The Kier molecular flexibility index (Phi) is 5.95. The van der Waals surface area contributed by atoms with Gasteiger partial charge < -0.3 is 0 Å². The summed E-state index contributed by atoms with van der Waals surface area (Å²) in [6, 6.07) is 6.63. The van der Waals surface area contributed by atoms with Gasteiger partial charge in [0.05, 0.1) is 5.56 Å². The molecule has 1 aromatic rings. The van der Waals surface area contributed by atoms with Crippen molar-refractivity contribution in [1.29, 1.82) is 5.26 Å². The number of nitrogens with zero attached hydrogens (tertiary/aromatic N) is 1. The third-order valence-electron chi connectivity index (χ3n) is 2.31. The van der Waals surface area contributed by atoms with Gasteiger partial charge >= 0.3 is 0 Å². The molecule has 0 aliphatic rings. The molecule has 0 aliphatic heterocycles. The van der Waals surface area contributed by atoms with E-state index in [1.54, 1.807) is 12.1 Å². The summed E-state index contributed by atoms with van der Waals surface area (Å²) in [5.41, 5.74) is 1.17. The lowest BCUT2D eigenvalue weighted by Gasteiger charge is -2.02. The number of benzene rings is 1. The number of unbranched alkanes of at least 4 members (excludes halogenated alkanes) is 2. The van der Waals surface area contributed by atoms with Gasteiger partial charge in [-0.15, -0.1) is 0 Å². The molecule has 0 saturated heterocycles. The van der Waals surface area contributed by atoms with Crippen molar-refractivity contribution in [3.05, 3.63) is 35.1 Å². The van der Waals surface area contributed by atoms with E-state index < -0.39 is 5.82 Å². The van der Waals surface area contributed by atoms with E-state index in [0.29, 0.717) is 0 Å². The highest BCUT2D eigenvalue weighted by Gasteiger charge is 2.02. The Morgan fingerprint density at radius 3 is 2.88 bits per heavy atom. The molecule has 0 unspecified atom stereocenters. The van der Waals surface area contributed by atoms with Crippen LogP contribution in [0.3, 0.4) is 0 Å². The standard InChI is InChI=1S/C13H16FNS/c1-2-3-4-7-16-10-11-5-6-13(14)12(8-11)9-15/h5-6,8H,2-4,7,10H2,1H3. The fourth-order valence-corrected chi connectivity index (χ4v) is 2.36. The molecule has 0 amide bonds. The van der Waals surface area contributed by atoms with Gasteiger partial charge in [0, 0.05) is 5.75 Å². The van der Waals surface area contributed by atoms with E-state index in [1.807, 2.05) is 17.8 Å².